The van der Waals surface area contributed by atoms with Crippen molar-refractivity contribution in [3.63, 3.8) is 0 Å². The van der Waals surface area contributed by atoms with Crippen LogP contribution in [0, 0.1) is 13.8 Å². The summed E-state index contributed by atoms with van der Waals surface area (Å²) in [6.07, 6.45) is 20.5. The first-order valence-corrected chi connectivity index (χ1v) is 20.9. The van der Waals surface area contributed by atoms with Gasteiger partial charge >= 0.3 is 218 Å². The maximum atomic E-state index is 2.64. The Hall–Kier alpha value is -2.75. The summed E-state index contributed by atoms with van der Waals surface area (Å²) in [5.74, 6) is 0. The largest absolute Gasteiger partial charge is 1.00 e. The molecule has 208 valence electrons. The molecular weight excluding hydrogens is 1050 g/mol. The predicted octanol–water partition coefficient (Wildman–Crippen LogP) is 2.09. The average Bonchev–Trinajstić information content (AvgIpc) is 3.49. The zero-order chi connectivity index (χ0) is 25.8. The number of allylic oxidation sites excluding steroid dienone is 4. The van der Waals surface area contributed by atoms with Crippen molar-refractivity contribution in [3.05, 3.63) is 67.5 Å². The first-order valence-electron chi connectivity index (χ1n) is 14.1. The van der Waals surface area contributed by atoms with Crippen LogP contribution in [-0.4, -0.2) is 3.21 Å². The second-order valence-corrected chi connectivity index (χ2v) is 20.6. The van der Waals surface area contributed by atoms with Crippen molar-refractivity contribution >= 4 is 15.3 Å². The van der Waals surface area contributed by atoms with Gasteiger partial charge in [0.1, 0.15) is 0 Å². The molecule has 0 bridgehead atoms. The van der Waals surface area contributed by atoms with E-state index in [4.69, 9.17) is 0 Å². The van der Waals surface area contributed by atoms with Gasteiger partial charge in [0, 0.05) is 0 Å². The molecule has 2 aliphatic rings. The molecule has 0 radical (unpaired) electrons. The van der Waals surface area contributed by atoms with Crippen LogP contribution in [0.1, 0.15) is 110 Å². The van der Waals surface area contributed by atoms with E-state index in [1.807, 2.05) is 6.49 Å². The predicted molar refractivity (Wildman–Crippen MR) is 147 cm³/mol. The van der Waals surface area contributed by atoms with Gasteiger partial charge in [-0.25, -0.2) is 0 Å². The van der Waals surface area contributed by atoms with Crippen LogP contribution in [0.2, 0.25) is 0 Å². The van der Waals surface area contributed by atoms with Gasteiger partial charge in [-0.15, -0.1) is 0 Å². The minimum Gasteiger partial charge on any atom is -1.00 e. The SMILES string of the molecule is CCCC[C](CCCC)=[Zr+2]([C]1=CC=CC1)[CH]1c2cc(C)[c]([Cm])cc2-c2c[c]([Cm])c(C)c(CCCC)c21.[Cl-].[Cl-]. The summed E-state index contributed by atoms with van der Waals surface area (Å²) in [5.41, 5.74) is 11.6. The van der Waals surface area contributed by atoms with Crippen molar-refractivity contribution in [2.24, 2.45) is 0 Å². The second-order valence-electron chi connectivity index (χ2n) is 10.7. The van der Waals surface area contributed by atoms with E-state index < -0.39 is 21.3 Å². The fourth-order valence-electron chi connectivity index (χ4n) is 6.11. The summed E-state index contributed by atoms with van der Waals surface area (Å²) in [7, 11) is 0. The van der Waals surface area contributed by atoms with Gasteiger partial charge in [-0.05, 0) is 0 Å². The molecule has 0 heterocycles. The first-order chi connectivity index (χ1) is 17.4. The molecule has 0 saturated carbocycles. The summed E-state index contributed by atoms with van der Waals surface area (Å²) < 4.78 is 7.73. The number of aryl methyl sites for hydroxylation is 1. The molecule has 2 aliphatic carbocycles. The van der Waals surface area contributed by atoms with E-state index in [9.17, 15) is 0 Å². The zero-order valence-corrected chi connectivity index (χ0v) is 33.4. The third kappa shape index (κ3) is 5.95. The van der Waals surface area contributed by atoms with Gasteiger partial charge in [0.25, 0.3) is 0 Å². The van der Waals surface area contributed by atoms with Crippen molar-refractivity contribution < 1.29 is 46.1 Å². The molecule has 2 aromatic carbocycles. The fraction of sp³-hybridized carbons (Fsp3) is 0.485. The molecule has 0 N–H and O–H groups in total. The Balaban J connectivity index is 0.00000253. The molecule has 0 fully saturated rings. The van der Waals surface area contributed by atoms with E-state index in [1.165, 1.54) is 75.8 Å². The molecular formula is C33H42Cl2Cm2Zr. The third-order valence-corrected chi connectivity index (χ3v) is 19.8. The van der Waals surface area contributed by atoms with Crippen LogP contribution in [0.25, 0.3) is 11.1 Å². The summed E-state index contributed by atoms with van der Waals surface area (Å²) in [6, 6.07) is 11.0. The van der Waals surface area contributed by atoms with Gasteiger partial charge < -0.3 is 24.8 Å². The fourth-order valence-corrected chi connectivity index (χ4v) is 17.2. The van der Waals surface area contributed by atoms with Crippen molar-refractivity contribution in [1.29, 1.82) is 0 Å². The number of unbranched alkanes of at least 4 members (excludes halogenated alkanes) is 3. The summed E-state index contributed by atoms with van der Waals surface area (Å²) >= 11 is -2.20. The van der Waals surface area contributed by atoms with Crippen molar-refractivity contribution in [2.45, 2.75) is 102 Å². The Morgan fingerprint density at radius 2 is 1.50 bits per heavy atom. The molecule has 0 spiro atoms. The molecule has 0 amide bonds. The first kappa shape index (κ1) is 31.5. The number of benzene rings is 2. The maximum absolute atomic E-state index is 2.64. The minimum atomic E-state index is -2.20. The van der Waals surface area contributed by atoms with Gasteiger partial charge in [-0.2, -0.15) is 0 Å². The summed E-state index contributed by atoms with van der Waals surface area (Å²) in [6.45, 7) is 11.9. The Morgan fingerprint density at radius 3 is 2.08 bits per heavy atom. The molecule has 0 aliphatic heterocycles. The standard InChI is InChI=1S/C19H19.C9H18.C5H5.2ClH.2Cm.Zr/c1-4-5-6-16-14(3)8-10-18-17-9-7-13(2)11-15(17)12-19(16)18;1-3-5-7-9-8-6-4-2;1-2-4-5-3-1;;;;;/h9-12H,4-6H2,1-3H3;3-8H2,1-2H3;1-3H,4H2;2*1H;;;/q;;;;;;;+2/p-2. The van der Waals surface area contributed by atoms with E-state index in [0.717, 1.165) is 0 Å². The van der Waals surface area contributed by atoms with Crippen LogP contribution in [0.4, 0.5) is 0 Å². The molecule has 0 nitrogen and oxygen atoms in total. The smallest absolute Gasteiger partial charge is 1.00 e. The molecule has 0 saturated heterocycles. The Kier molecular flexibility index (Phi) is 11.5. The van der Waals surface area contributed by atoms with Crippen LogP contribution in [0.5, 0.6) is 0 Å². The molecule has 1 unspecified atom stereocenters. The van der Waals surface area contributed by atoms with Crippen molar-refractivity contribution in [2.75, 3.05) is 0 Å². The van der Waals surface area contributed by atoms with Crippen molar-refractivity contribution in [3.8, 4) is 11.1 Å². The van der Waals surface area contributed by atoms with E-state index in [1.54, 1.807) is 39.4 Å². The molecule has 38 heavy (non-hydrogen) atoms. The molecule has 2 aromatic rings. The number of hydrogen-bond donors (Lipinski definition) is 0. The van der Waals surface area contributed by atoms with E-state index in [2.05, 4.69) is 71.0 Å². The van der Waals surface area contributed by atoms with Crippen LogP contribution in [-0.2, 0) is 27.7 Å². The van der Waals surface area contributed by atoms with Crippen LogP contribution in [0.3, 0.4) is 0 Å². The van der Waals surface area contributed by atoms with E-state index in [-0.39, 0.29) is 24.8 Å². The van der Waals surface area contributed by atoms with Gasteiger partial charge in [0.15, 0.2) is 0 Å². The van der Waals surface area contributed by atoms with E-state index in [0.29, 0.717) is 3.63 Å². The quantitative estimate of drug-likeness (QED) is 0.324. The van der Waals surface area contributed by atoms with Crippen LogP contribution < -0.4 is 36.9 Å². The van der Waals surface area contributed by atoms with Crippen LogP contribution in [0.15, 0.2) is 39.7 Å². The zero-order valence-electron chi connectivity index (χ0n) is 23.6. The monoisotopic (exact) mass is 1080 g/mol. The van der Waals surface area contributed by atoms with Crippen LogP contribution >= 0.6 is 0 Å². The Bertz CT molecular complexity index is 1220. The maximum Gasteiger partial charge on any atom is -1.00 e. The van der Waals surface area contributed by atoms with Gasteiger partial charge in [-0.1, -0.05) is 0 Å². The molecule has 4 rings (SSSR count). The summed E-state index contributed by atoms with van der Waals surface area (Å²) in [5, 5.41) is 0. The molecule has 1 atom stereocenters. The number of rotatable bonds is 11. The number of hydrogen-bond acceptors (Lipinski definition) is 0. The minimum absolute atomic E-state index is 0. The second kappa shape index (κ2) is 13.9. The van der Waals surface area contributed by atoms with Gasteiger partial charge in [-0.3, -0.25) is 0 Å². The Morgan fingerprint density at radius 1 is 0.868 bits per heavy atom. The van der Waals surface area contributed by atoms with Gasteiger partial charge in [0.2, 0.25) is 0 Å². The third-order valence-electron chi connectivity index (χ3n) is 8.12. The molecule has 5 heteroatoms. The van der Waals surface area contributed by atoms with Gasteiger partial charge in [0.05, 0.1) is 0 Å². The molecule has 0 aromatic heterocycles. The van der Waals surface area contributed by atoms with Crippen molar-refractivity contribution in [1.82, 2.24) is 0 Å². The van der Waals surface area contributed by atoms with E-state index >= 15 is 0 Å². The number of halogens is 2. The normalized spacial score (nSPS) is 14.7. The summed E-state index contributed by atoms with van der Waals surface area (Å²) in [4.78, 5) is 0. The number of fused-ring (bicyclic) bond motifs is 3. The average molecular weight is 1090 g/mol. The topological polar surface area (TPSA) is 0 Å². The Labute approximate surface area is 241 Å².